The van der Waals surface area contributed by atoms with E-state index in [2.05, 4.69) is 26.0 Å². The Balaban J connectivity index is 4.22. The van der Waals surface area contributed by atoms with E-state index in [0.29, 0.717) is 13.0 Å². The predicted molar refractivity (Wildman–Crippen MR) is 217 cm³/mol. The maximum absolute atomic E-state index is 12.6. The molecule has 0 aromatic heterocycles. The number of carboxylic acid groups (broad SMARTS) is 1. The van der Waals surface area contributed by atoms with Crippen molar-refractivity contribution in [3.05, 3.63) is 12.2 Å². The fraction of sp³-hybridized carbons (Fsp3) is 0.905. The number of rotatable bonds is 42. The minimum absolute atomic E-state index is 0.0193. The Hall–Kier alpha value is -1.29. The van der Waals surface area contributed by atoms with Gasteiger partial charge in [-0.15, -0.1) is 0 Å². The van der Waals surface area contributed by atoms with Crippen LogP contribution in [0.15, 0.2) is 12.2 Å². The Morgan fingerprint density at radius 3 is 1.43 bits per heavy atom. The Kier molecular flexibility index (Phi) is 38.0. The fourth-order valence-corrected chi connectivity index (χ4v) is 6.91. The first-order valence-corrected chi connectivity index (χ1v) is 23.2. The molecule has 0 aliphatic heterocycles. The summed E-state index contributed by atoms with van der Waals surface area (Å²) in [5, 5.41) is 8.89. The van der Waals surface area contributed by atoms with E-state index < -0.39 is 45.1 Å². The molecule has 0 radical (unpaired) electrons. The number of carbonyl (C=O) groups is 2. The molecule has 53 heavy (non-hydrogen) atoms. The lowest BCUT2D eigenvalue weighted by Crippen LogP contribution is -2.34. The molecule has 0 saturated heterocycles. The third kappa shape index (κ3) is 38.8. The number of hydrogen-bond acceptors (Lipinski definition) is 8. The van der Waals surface area contributed by atoms with Crippen molar-refractivity contribution in [2.45, 2.75) is 219 Å². The van der Waals surface area contributed by atoms with Crippen LogP contribution in [-0.2, 0) is 32.7 Å². The zero-order chi connectivity index (χ0) is 39.1. The van der Waals surface area contributed by atoms with Gasteiger partial charge in [0.05, 0.1) is 19.8 Å². The molecule has 0 aliphatic carbocycles. The highest BCUT2D eigenvalue weighted by Gasteiger charge is 2.27. The second-order valence-corrected chi connectivity index (χ2v) is 16.3. The van der Waals surface area contributed by atoms with E-state index in [1.54, 1.807) is 0 Å². The Bertz CT molecular complexity index is 904. The average Bonchev–Trinajstić information content (AvgIpc) is 3.13. The van der Waals surface area contributed by atoms with Gasteiger partial charge in [-0.25, -0.2) is 4.57 Å². The van der Waals surface area contributed by atoms with E-state index in [1.165, 1.54) is 128 Å². The summed E-state index contributed by atoms with van der Waals surface area (Å²) in [5.74, 6) is -1.78. The number of esters is 1. The molecular formula is C42H82NO9P. The van der Waals surface area contributed by atoms with Crippen molar-refractivity contribution in [3.63, 3.8) is 0 Å². The SMILES string of the molecule is CCCCCCCC/C=C\CCCCCCCC(=O)OC(COCCCCCCCCCCCCCCCCCC)COP(=O)(O)OCC(N)C(=O)O. The first-order chi connectivity index (χ1) is 25.7. The van der Waals surface area contributed by atoms with Crippen molar-refractivity contribution in [2.24, 2.45) is 5.73 Å². The summed E-state index contributed by atoms with van der Waals surface area (Å²) < 4.78 is 33.3. The standard InChI is InChI=1S/C42H82NO9P/c1-3-5-7-9-11-13-15-17-19-21-23-25-27-29-31-33-35-49-36-39(37-50-53(47,48)51-38-40(43)42(45)46)52-41(44)34-32-30-28-26-24-22-20-18-16-14-12-10-8-6-4-2/h18,20,39-40H,3-17,19,21-38,43H2,1-2H3,(H,45,46)(H,47,48)/b20-18-. The molecule has 0 fully saturated rings. The molecule has 0 spiro atoms. The fourth-order valence-electron chi connectivity index (χ4n) is 6.13. The Morgan fingerprint density at radius 2 is 0.981 bits per heavy atom. The van der Waals surface area contributed by atoms with E-state index in [-0.39, 0.29) is 13.0 Å². The summed E-state index contributed by atoms with van der Waals surface area (Å²) in [6, 6.07) is -1.47. The van der Waals surface area contributed by atoms with Gasteiger partial charge in [0.2, 0.25) is 0 Å². The molecule has 0 bridgehead atoms. The first-order valence-electron chi connectivity index (χ1n) is 21.7. The second kappa shape index (κ2) is 39.0. The largest absolute Gasteiger partial charge is 0.480 e. The van der Waals surface area contributed by atoms with Crippen LogP contribution in [0.1, 0.15) is 206 Å². The highest BCUT2D eigenvalue weighted by Crippen LogP contribution is 2.43. The summed E-state index contributed by atoms with van der Waals surface area (Å²) in [7, 11) is -4.61. The third-order valence-corrected chi connectivity index (χ3v) is 10.5. The molecule has 0 amide bonds. The number of nitrogens with two attached hydrogens (primary N) is 1. The topological polar surface area (TPSA) is 155 Å². The lowest BCUT2D eigenvalue weighted by molar-refractivity contribution is -0.154. The molecule has 0 aliphatic rings. The lowest BCUT2D eigenvalue weighted by Gasteiger charge is -2.20. The molecule has 0 aromatic carbocycles. The van der Waals surface area contributed by atoms with Crippen LogP contribution in [0.3, 0.4) is 0 Å². The molecule has 314 valence electrons. The maximum Gasteiger partial charge on any atom is 0.472 e. The molecule has 4 N–H and O–H groups in total. The molecule has 3 unspecified atom stereocenters. The van der Waals surface area contributed by atoms with Crippen molar-refractivity contribution in [1.82, 2.24) is 0 Å². The van der Waals surface area contributed by atoms with Gasteiger partial charge in [0.15, 0.2) is 0 Å². The molecule has 3 atom stereocenters. The van der Waals surface area contributed by atoms with E-state index in [4.69, 9.17) is 29.4 Å². The van der Waals surface area contributed by atoms with Gasteiger partial charge in [-0.05, 0) is 38.5 Å². The van der Waals surface area contributed by atoms with Gasteiger partial charge in [0.25, 0.3) is 0 Å². The number of carbonyl (C=O) groups excluding carboxylic acids is 1. The predicted octanol–water partition coefficient (Wildman–Crippen LogP) is 11.8. The van der Waals surface area contributed by atoms with Crippen molar-refractivity contribution in [2.75, 3.05) is 26.4 Å². The van der Waals surface area contributed by atoms with Crippen LogP contribution in [0.5, 0.6) is 0 Å². The molecule has 0 saturated carbocycles. The van der Waals surface area contributed by atoms with Crippen LogP contribution in [0.4, 0.5) is 0 Å². The number of phosphoric ester groups is 1. The van der Waals surface area contributed by atoms with Gasteiger partial charge in [-0.3, -0.25) is 18.6 Å². The lowest BCUT2D eigenvalue weighted by atomic mass is 10.0. The Labute approximate surface area is 324 Å². The maximum atomic E-state index is 12.6. The number of carboxylic acids is 1. The summed E-state index contributed by atoms with van der Waals surface area (Å²) in [5.41, 5.74) is 5.35. The quantitative estimate of drug-likeness (QED) is 0.0236. The zero-order valence-electron chi connectivity index (χ0n) is 34.1. The molecular weight excluding hydrogens is 693 g/mol. The molecule has 0 rings (SSSR count). The highest BCUT2D eigenvalue weighted by atomic mass is 31.2. The monoisotopic (exact) mass is 776 g/mol. The van der Waals surface area contributed by atoms with Gasteiger partial charge in [0.1, 0.15) is 12.1 Å². The van der Waals surface area contributed by atoms with Crippen molar-refractivity contribution >= 4 is 19.8 Å². The highest BCUT2D eigenvalue weighted by molar-refractivity contribution is 7.47. The number of unbranched alkanes of at least 4 members (excludes halogenated alkanes) is 26. The smallest absolute Gasteiger partial charge is 0.472 e. The molecule has 11 heteroatoms. The minimum atomic E-state index is -4.61. The molecule has 10 nitrogen and oxygen atoms in total. The van der Waals surface area contributed by atoms with Gasteiger partial charge in [0, 0.05) is 13.0 Å². The van der Waals surface area contributed by atoms with Crippen molar-refractivity contribution in [1.29, 1.82) is 0 Å². The normalized spacial score (nSPS) is 14.0. The minimum Gasteiger partial charge on any atom is -0.480 e. The zero-order valence-corrected chi connectivity index (χ0v) is 35.0. The van der Waals surface area contributed by atoms with E-state index in [9.17, 15) is 19.0 Å². The Morgan fingerprint density at radius 1 is 0.585 bits per heavy atom. The summed E-state index contributed by atoms with van der Waals surface area (Å²) >= 11 is 0. The molecule has 0 heterocycles. The van der Waals surface area contributed by atoms with E-state index in [0.717, 1.165) is 51.4 Å². The van der Waals surface area contributed by atoms with Gasteiger partial charge in [-0.1, -0.05) is 174 Å². The summed E-state index contributed by atoms with van der Waals surface area (Å²) in [4.78, 5) is 33.5. The van der Waals surface area contributed by atoms with Crippen LogP contribution in [0.2, 0.25) is 0 Å². The van der Waals surface area contributed by atoms with Crippen LogP contribution in [0, 0.1) is 0 Å². The van der Waals surface area contributed by atoms with Gasteiger partial charge < -0.3 is 25.2 Å². The van der Waals surface area contributed by atoms with E-state index >= 15 is 0 Å². The van der Waals surface area contributed by atoms with Gasteiger partial charge >= 0.3 is 19.8 Å². The first kappa shape index (κ1) is 51.7. The van der Waals surface area contributed by atoms with Crippen LogP contribution < -0.4 is 5.73 Å². The molecule has 0 aromatic rings. The number of hydrogen-bond donors (Lipinski definition) is 3. The summed E-state index contributed by atoms with van der Waals surface area (Å²) in [6.45, 7) is 3.90. The van der Waals surface area contributed by atoms with Crippen LogP contribution >= 0.6 is 7.82 Å². The number of ether oxygens (including phenoxy) is 2. The van der Waals surface area contributed by atoms with Crippen LogP contribution in [-0.4, -0.2) is 60.5 Å². The number of phosphoric acid groups is 1. The number of allylic oxidation sites excluding steroid dienone is 2. The van der Waals surface area contributed by atoms with E-state index in [1.807, 2.05) is 0 Å². The summed E-state index contributed by atoms with van der Waals surface area (Å²) in [6.07, 6.45) is 39.7. The average molecular weight is 776 g/mol. The van der Waals surface area contributed by atoms with Crippen molar-refractivity contribution in [3.8, 4) is 0 Å². The van der Waals surface area contributed by atoms with Gasteiger partial charge in [-0.2, -0.15) is 0 Å². The van der Waals surface area contributed by atoms with Crippen molar-refractivity contribution < 1.29 is 42.7 Å². The number of aliphatic carboxylic acids is 1. The third-order valence-electron chi connectivity index (χ3n) is 9.54. The van der Waals surface area contributed by atoms with Crippen LogP contribution in [0.25, 0.3) is 0 Å². The second-order valence-electron chi connectivity index (χ2n) is 14.8.